The number of hydrogen-bond donors (Lipinski definition) is 0. The fourth-order valence-electron chi connectivity index (χ4n) is 4.05. The molecule has 1 aliphatic carbocycles. The second-order valence-corrected chi connectivity index (χ2v) is 7.14. The Morgan fingerprint density at radius 2 is 1.59 bits per heavy atom. The smallest absolute Gasteiger partial charge is 0.411 e. The molecule has 0 radical (unpaired) electrons. The van der Waals surface area contributed by atoms with E-state index in [9.17, 15) is 9.59 Å². The summed E-state index contributed by atoms with van der Waals surface area (Å²) in [7, 11) is 0. The Morgan fingerprint density at radius 1 is 0.963 bits per heavy atom. The summed E-state index contributed by atoms with van der Waals surface area (Å²) in [6, 6.07) is 18.9. The van der Waals surface area contributed by atoms with Crippen molar-refractivity contribution < 1.29 is 19.1 Å². The minimum absolute atomic E-state index is 0.0317. The highest BCUT2D eigenvalue weighted by Crippen LogP contribution is 2.45. The Kier molecular flexibility index (Phi) is 5.21. The third kappa shape index (κ3) is 3.60. The lowest BCUT2D eigenvalue weighted by Gasteiger charge is -2.36. The predicted octanol–water partition coefficient (Wildman–Crippen LogP) is 3.57. The highest BCUT2D eigenvalue weighted by Gasteiger charge is 2.56. The topological polar surface area (TPSA) is 55.8 Å². The Morgan fingerprint density at radius 3 is 2.15 bits per heavy atom. The zero-order valence-electron chi connectivity index (χ0n) is 15.1. The lowest BCUT2D eigenvalue weighted by atomic mass is 9.78. The van der Waals surface area contributed by atoms with Gasteiger partial charge in [-0.05, 0) is 24.0 Å². The van der Waals surface area contributed by atoms with Crippen LogP contribution in [0.2, 0.25) is 0 Å². The average molecular weight is 365 g/mol. The number of likely N-dealkylation sites (tertiary alicyclic amines) is 1. The van der Waals surface area contributed by atoms with Gasteiger partial charge < -0.3 is 14.3 Å². The molecular weight excluding hydrogens is 342 g/mol. The van der Waals surface area contributed by atoms with Gasteiger partial charge in [-0.2, -0.15) is 0 Å². The van der Waals surface area contributed by atoms with E-state index in [1.54, 1.807) is 4.90 Å². The molecule has 0 spiro atoms. The maximum absolute atomic E-state index is 12.7. The van der Waals surface area contributed by atoms with E-state index < -0.39 is 12.1 Å². The molecule has 1 heterocycles. The molecule has 1 saturated carbocycles. The molecule has 1 unspecified atom stereocenters. The lowest BCUT2D eigenvalue weighted by molar-refractivity contribution is -0.115. The van der Waals surface area contributed by atoms with E-state index >= 15 is 0 Å². The number of amides is 1. The van der Waals surface area contributed by atoms with Gasteiger partial charge in [0.15, 0.2) is 0 Å². The molecule has 2 aliphatic rings. The van der Waals surface area contributed by atoms with Gasteiger partial charge in [0, 0.05) is 12.0 Å². The fourth-order valence-corrected chi connectivity index (χ4v) is 4.05. The maximum atomic E-state index is 12.7. The molecule has 4 rings (SSSR count). The molecular formula is C22H23NO4. The van der Waals surface area contributed by atoms with Crippen LogP contribution in [0.4, 0.5) is 4.79 Å². The number of benzene rings is 2. The van der Waals surface area contributed by atoms with Crippen LogP contribution in [-0.4, -0.2) is 35.5 Å². The normalized spacial score (nSPS) is 26.1. The van der Waals surface area contributed by atoms with Crippen molar-refractivity contribution in [1.29, 1.82) is 0 Å². The largest absolute Gasteiger partial charge is 0.445 e. The SMILES string of the molecule is O=C[C@H]1C(OCc2ccccc2)[C@H]2CC[C@H]2N1C(=O)OCc1ccccc1. The number of nitrogens with zero attached hydrogens (tertiary/aromatic N) is 1. The van der Waals surface area contributed by atoms with Crippen molar-refractivity contribution in [2.45, 2.75) is 44.2 Å². The minimum Gasteiger partial charge on any atom is -0.445 e. The Hall–Kier alpha value is -2.66. The summed E-state index contributed by atoms with van der Waals surface area (Å²) in [4.78, 5) is 26.1. The average Bonchev–Trinajstić information content (AvgIpc) is 2.91. The molecule has 5 nitrogen and oxygen atoms in total. The first-order valence-corrected chi connectivity index (χ1v) is 9.38. The summed E-state index contributed by atoms with van der Waals surface area (Å²) in [5.74, 6) is 0.202. The van der Waals surface area contributed by atoms with E-state index in [0.29, 0.717) is 6.61 Å². The van der Waals surface area contributed by atoms with Crippen molar-refractivity contribution in [1.82, 2.24) is 4.90 Å². The molecule has 5 heteroatoms. The fraction of sp³-hybridized carbons (Fsp3) is 0.364. The Balaban J connectivity index is 1.42. The van der Waals surface area contributed by atoms with Crippen molar-refractivity contribution in [3.05, 3.63) is 71.8 Å². The van der Waals surface area contributed by atoms with Crippen molar-refractivity contribution in [3.8, 4) is 0 Å². The van der Waals surface area contributed by atoms with E-state index in [1.165, 1.54) is 0 Å². The lowest BCUT2D eigenvalue weighted by Crippen LogP contribution is -2.46. The first-order valence-electron chi connectivity index (χ1n) is 9.38. The molecule has 1 aliphatic heterocycles. The molecule has 140 valence electrons. The predicted molar refractivity (Wildman–Crippen MR) is 99.8 cm³/mol. The molecule has 2 fully saturated rings. The quantitative estimate of drug-likeness (QED) is 0.735. The molecule has 1 amide bonds. The van der Waals surface area contributed by atoms with E-state index in [1.807, 2.05) is 60.7 Å². The number of hydrogen-bond acceptors (Lipinski definition) is 4. The number of carbonyl (C=O) groups excluding carboxylic acids is 2. The van der Waals surface area contributed by atoms with Crippen LogP contribution < -0.4 is 0 Å². The van der Waals surface area contributed by atoms with E-state index in [0.717, 1.165) is 30.3 Å². The van der Waals surface area contributed by atoms with E-state index in [2.05, 4.69) is 0 Å². The van der Waals surface area contributed by atoms with Gasteiger partial charge in [0.25, 0.3) is 0 Å². The third-order valence-corrected chi connectivity index (χ3v) is 5.57. The Labute approximate surface area is 158 Å². The number of aldehydes is 1. The van der Waals surface area contributed by atoms with Crippen LogP contribution in [0.5, 0.6) is 0 Å². The van der Waals surface area contributed by atoms with E-state index in [-0.39, 0.29) is 24.7 Å². The van der Waals surface area contributed by atoms with Crippen LogP contribution in [-0.2, 0) is 27.5 Å². The standard InChI is InChI=1S/C22H23NO4/c24-13-20-21(26-14-16-7-3-1-4-8-16)18-11-12-19(18)23(20)22(25)27-15-17-9-5-2-6-10-17/h1-10,13,18-21H,11-12,14-15H2/t18-,19+,20-,21?/m0/s1. The molecule has 0 bridgehead atoms. The molecule has 27 heavy (non-hydrogen) atoms. The first-order chi connectivity index (χ1) is 13.3. The first kappa shape index (κ1) is 17.7. The van der Waals surface area contributed by atoms with Gasteiger partial charge in [-0.25, -0.2) is 4.79 Å². The van der Waals surface area contributed by atoms with Crippen LogP contribution in [0.1, 0.15) is 24.0 Å². The summed E-state index contributed by atoms with van der Waals surface area (Å²) in [5, 5.41) is 0. The van der Waals surface area contributed by atoms with Crippen molar-refractivity contribution in [2.75, 3.05) is 0 Å². The van der Waals surface area contributed by atoms with Crippen LogP contribution in [0.3, 0.4) is 0 Å². The van der Waals surface area contributed by atoms with Gasteiger partial charge in [-0.3, -0.25) is 4.90 Å². The highest BCUT2D eigenvalue weighted by atomic mass is 16.6. The summed E-state index contributed by atoms with van der Waals surface area (Å²) in [6.45, 7) is 0.640. The van der Waals surface area contributed by atoms with Gasteiger partial charge in [0.1, 0.15) is 18.9 Å². The van der Waals surface area contributed by atoms with Crippen LogP contribution in [0, 0.1) is 5.92 Å². The second kappa shape index (κ2) is 7.92. The summed E-state index contributed by atoms with van der Waals surface area (Å²) in [6.07, 6.45) is 1.98. The van der Waals surface area contributed by atoms with Crippen molar-refractivity contribution >= 4 is 12.4 Å². The number of fused-ring (bicyclic) bond motifs is 1. The van der Waals surface area contributed by atoms with Gasteiger partial charge in [0.2, 0.25) is 0 Å². The van der Waals surface area contributed by atoms with E-state index in [4.69, 9.17) is 9.47 Å². The van der Waals surface area contributed by atoms with Crippen LogP contribution in [0.25, 0.3) is 0 Å². The molecule has 2 aromatic carbocycles. The second-order valence-electron chi connectivity index (χ2n) is 7.14. The molecule has 0 N–H and O–H groups in total. The summed E-state index contributed by atoms with van der Waals surface area (Å²) in [5.41, 5.74) is 1.98. The number of rotatable bonds is 6. The molecule has 1 saturated heterocycles. The minimum atomic E-state index is -0.588. The number of ether oxygens (including phenoxy) is 2. The third-order valence-electron chi connectivity index (χ3n) is 5.57. The Bertz CT molecular complexity index is 779. The molecule has 4 atom stereocenters. The van der Waals surface area contributed by atoms with Crippen LogP contribution in [0.15, 0.2) is 60.7 Å². The van der Waals surface area contributed by atoms with Gasteiger partial charge >= 0.3 is 6.09 Å². The van der Waals surface area contributed by atoms with Crippen molar-refractivity contribution in [2.24, 2.45) is 5.92 Å². The van der Waals surface area contributed by atoms with Gasteiger partial charge in [-0.15, -0.1) is 0 Å². The zero-order valence-corrected chi connectivity index (χ0v) is 15.1. The number of carbonyl (C=O) groups is 2. The van der Waals surface area contributed by atoms with Gasteiger partial charge in [-0.1, -0.05) is 60.7 Å². The summed E-state index contributed by atoms with van der Waals surface area (Å²) < 4.78 is 11.6. The van der Waals surface area contributed by atoms with Gasteiger partial charge in [0.05, 0.1) is 12.7 Å². The molecule has 2 aromatic rings. The zero-order chi connectivity index (χ0) is 18.6. The summed E-state index contributed by atoms with van der Waals surface area (Å²) >= 11 is 0. The highest BCUT2D eigenvalue weighted by molar-refractivity contribution is 5.76. The van der Waals surface area contributed by atoms with Crippen molar-refractivity contribution in [3.63, 3.8) is 0 Å². The monoisotopic (exact) mass is 365 g/mol. The molecule has 0 aromatic heterocycles. The van der Waals surface area contributed by atoms with Crippen LogP contribution >= 0.6 is 0 Å². The maximum Gasteiger partial charge on any atom is 0.411 e.